The molecule has 0 bridgehead atoms. The summed E-state index contributed by atoms with van der Waals surface area (Å²) in [7, 11) is 0. The van der Waals surface area contributed by atoms with E-state index < -0.39 is 24.0 Å². The molecule has 2 N–H and O–H groups in total. The number of nitrogens with one attached hydrogen (secondary N) is 1. The van der Waals surface area contributed by atoms with Gasteiger partial charge in [0.2, 0.25) is 0 Å². The molecule has 0 saturated heterocycles. The van der Waals surface area contributed by atoms with E-state index in [2.05, 4.69) is 5.32 Å². The summed E-state index contributed by atoms with van der Waals surface area (Å²) in [6.07, 6.45) is -0.138. The van der Waals surface area contributed by atoms with Crippen LogP contribution >= 0.6 is 11.6 Å². The molecule has 21 heavy (non-hydrogen) atoms. The van der Waals surface area contributed by atoms with Crippen molar-refractivity contribution in [3.8, 4) is 5.75 Å². The third-order valence-electron chi connectivity index (χ3n) is 3.27. The standard InChI is InChI=1S/C15H20ClNO4/c1-4-9(2)13(15(19)20)17-14(18)10(3)21-12-7-5-11(16)6-8-12/h5-10,13H,4H2,1-3H3,(H,17,18)(H,19,20)/t9-,10?,13-/m0/s1. The van der Waals surface area contributed by atoms with Crippen LogP contribution in [-0.4, -0.2) is 29.1 Å². The van der Waals surface area contributed by atoms with Gasteiger partial charge in [-0.2, -0.15) is 0 Å². The van der Waals surface area contributed by atoms with Gasteiger partial charge in [-0.1, -0.05) is 31.9 Å². The summed E-state index contributed by atoms with van der Waals surface area (Å²) in [6, 6.07) is 5.69. The molecule has 1 aromatic rings. The van der Waals surface area contributed by atoms with Crippen molar-refractivity contribution in [3.05, 3.63) is 29.3 Å². The smallest absolute Gasteiger partial charge is 0.326 e. The predicted octanol–water partition coefficient (Wildman–Crippen LogP) is 2.72. The minimum absolute atomic E-state index is 0.158. The Morgan fingerprint density at radius 2 is 1.86 bits per heavy atom. The van der Waals surface area contributed by atoms with Crippen LogP contribution in [0.4, 0.5) is 0 Å². The monoisotopic (exact) mass is 313 g/mol. The molecule has 0 saturated carbocycles. The number of rotatable bonds is 7. The molecule has 0 aromatic heterocycles. The highest BCUT2D eigenvalue weighted by atomic mass is 35.5. The fraction of sp³-hybridized carbons (Fsp3) is 0.467. The van der Waals surface area contributed by atoms with Crippen molar-refractivity contribution < 1.29 is 19.4 Å². The Bertz CT molecular complexity index is 489. The van der Waals surface area contributed by atoms with Gasteiger partial charge in [0.25, 0.3) is 5.91 Å². The Morgan fingerprint density at radius 3 is 2.33 bits per heavy atom. The molecule has 1 unspecified atom stereocenters. The van der Waals surface area contributed by atoms with E-state index >= 15 is 0 Å². The van der Waals surface area contributed by atoms with Gasteiger partial charge in [0.15, 0.2) is 6.10 Å². The van der Waals surface area contributed by atoms with Crippen LogP contribution in [0.3, 0.4) is 0 Å². The van der Waals surface area contributed by atoms with Gasteiger partial charge in [-0.15, -0.1) is 0 Å². The fourth-order valence-electron chi connectivity index (χ4n) is 1.72. The Balaban J connectivity index is 2.64. The summed E-state index contributed by atoms with van der Waals surface area (Å²) in [5.41, 5.74) is 0. The molecule has 0 aliphatic carbocycles. The highest BCUT2D eigenvalue weighted by molar-refractivity contribution is 6.30. The van der Waals surface area contributed by atoms with Crippen molar-refractivity contribution >= 4 is 23.5 Å². The van der Waals surface area contributed by atoms with Gasteiger partial charge in [0.05, 0.1) is 0 Å². The molecule has 0 radical (unpaired) electrons. The minimum atomic E-state index is -1.05. The molecule has 1 rings (SSSR count). The molecule has 0 aliphatic rings. The zero-order chi connectivity index (χ0) is 16.0. The average molecular weight is 314 g/mol. The number of carboxylic acid groups (broad SMARTS) is 1. The molecule has 0 heterocycles. The van der Waals surface area contributed by atoms with Crippen LogP contribution in [0.5, 0.6) is 5.75 Å². The Hall–Kier alpha value is -1.75. The van der Waals surface area contributed by atoms with E-state index in [-0.39, 0.29) is 5.92 Å². The first-order chi connectivity index (χ1) is 9.85. The van der Waals surface area contributed by atoms with Crippen LogP contribution in [0, 0.1) is 5.92 Å². The van der Waals surface area contributed by atoms with Gasteiger partial charge in [0, 0.05) is 5.02 Å². The quantitative estimate of drug-likeness (QED) is 0.811. The largest absolute Gasteiger partial charge is 0.481 e. The van der Waals surface area contributed by atoms with Crippen molar-refractivity contribution in [2.75, 3.05) is 0 Å². The predicted molar refractivity (Wildman–Crippen MR) is 80.6 cm³/mol. The Morgan fingerprint density at radius 1 is 1.29 bits per heavy atom. The summed E-state index contributed by atoms with van der Waals surface area (Å²) in [4.78, 5) is 23.2. The number of aliphatic carboxylic acids is 1. The highest BCUT2D eigenvalue weighted by Crippen LogP contribution is 2.17. The van der Waals surface area contributed by atoms with Gasteiger partial charge < -0.3 is 15.2 Å². The van der Waals surface area contributed by atoms with Crippen molar-refractivity contribution in [2.45, 2.75) is 39.3 Å². The first-order valence-corrected chi connectivity index (χ1v) is 7.18. The number of carboxylic acids is 1. The summed E-state index contributed by atoms with van der Waals surface area (Å²) in [5, 5.41) is 12.2. The van der Waals surface area contributed by atoms with E-state index in [4.69, 9.17) is 21.4 Å². The zero-order valence-electron chi connectivity index (χ0n) is 12.3. The summed E-state index contributed by atoms with van der Waals surface area (Å²) in [5.74, 6) is -1.17. The number of benzene rings is 1. The SMILES string of the molecule is CC[C@H](C)[C@H](NC(=O)C(C)Oc1ccc(Cl)cc1)C(=O)O. The van der Waals surface area contributed by atoms with Gasteiger partial charge in [-0.3, -0.25) is 4.79 Å². The van der Waals surface area contributed by atoms with E-state index in [1.165, 1.54) is 0 Å². The second-order valence-electron chi connectivity index (χ2n) is 4.92. The van der Waals surface area contributed by atoms with Crippen LogP contribution in [0.25, 0.3) is 0 Å². The van der Waals surface area contributed by atoms with Crippen LogP contribution in [0.1, 0.15) is 27.2 Å². The fourth-order valence-corrected chi connectivity index (χ4v) is 1.85. The highest BCUT2D eigenvalue weighted by Gasteiger charge is 2.27. The maximum absolute atomic E-state index is 12.0. The molecular formula is C15H20ClNO4. The Kier molecular flexibility index (Phi) is 6.49. The maximum atomic E-state index is 12.0. The number of halogens is 1. The molecule has 0 spiro atoms. The summed E-state index contributed by atoms with van der Waals surface area (Å²) >= 11 is 5.77. The molecular weight excluding hydrogens is 294 g/mol. The first kappa shape index (κ1) is 17.3. The number of carbonyl (C=O) groups excluding carboxylic acids is 1. The maximum Gasteiger partial charge on any atom is 0.326 e. The second-order valence-corrected chi connectivity index (χ2v) is 5.36. The number of ether oxygens (including phenoxy) is 1. The van der Waals surface area contributed by atoms with Crippen LogP contribution in [-0.2, 0) is 9.59 Å². The van der Waals surface area contributed by atoms with Gasteiger partial charge in [-0.05, 0) is 37.1 Å². The van der Waals surface area contributed by atoms with Crippen molar-refractivity contribution in [3.63, 3.8) is 0 Å². The molecule has 6 heteroatoms. The average Bonchev–Trinajstić information content (AvgIpc) is 2.45. The summed E-state index contributed by atoms with van der Waals surface area (Å²) in [6.45, 7) is 5.23. The molecule has 3 atom stereocenters. The van der Waals surface area contributed by atoms with E-state index in [1.54, 1.807) is 38.1 Å². The number of hydrogen-bond donors (Lipinski definition) is 2. The lowest BCUT2D eigenvalue weighted by Crippen LogP contribution is -2.49. The third kappa shape index (κ3) is 5.27. The lowest BCUT2D eigenvalue weighted by atomic mass is 9.99. The third-order valence-corrected chi connectivity index (χ3v) is 3.52. The van der Waals surface area contributed by atoms with Crippen LogP contribution in [0.2, 0.25) is 5.02 Å². The van der Waals surface area contributed by atoms with Gasteiger partial charge in [0.1, 0.15) is 11.8 Å². The van der Waals surface area contributed by atoms with Crippen molar-refractivity contribution in [2.24, 2.45) is 5.92 Å². The summed E-state index contributed by atoms with van der Waals surface area (Å²) < 4.78 is 5.46. The van der Waals surface area contributed by atoms with E-state index in [1.807, 2.05) is 6.92 Å². The normalized spacial score (nSPS) is 14.9. The number of amides is 1. The second kappa shape index (κ2) is 7.88. The van der Waals surface area contributed by atoms with E-state index in [0.717, 1.165) is 0 Å². The van der Waals surface area contributed by atoms with Crippen LogP contribution < -0.4 is 10.1 Å². The molecule has 116 valence electrons. The van der Waals surface area contributed by atoms with Crippen LogP contribution in [0.15, 0.2) is 24.3 Å². The first-order valence-electron chi connectivity index (χ1n) is 6.80. The van der Waals surface area contributed by atoms with E-state index in [0.29, 0.717) is 17.2 Å². The number of carbonyl (C=O) groups is 2. The molecule has 1 aromatic carbocycles. The van der Waals surface area contributed by atoms with Gasteiger partial charge >= 0.3 is 5.97 Å². The van der Waals surface area contributed by atoms with Gasteiger partial charge in [-0.25, -0.2) is 4.79 Å². The molecule has 1 amide bonds. The number of hydrogen-bond acceptors (Lipinski definition) is 3. The molecule has 0 fully saturated rings. The topological polar surface area (TPSA) is 75.6 Å². The lowest BCUT2D eigenvalue weighted by Gasteiger charge is -2.22. The minimum Gasteiger partial charge on any atom is -0.481 e. The Labute approximate surface area is 129 Å². The molecule has 5 nitrogen and oxygen atoms in total. The van der Waals surface area contributed by atoms with Crippen molar-refractivity contribution in [1.29, 1.82) is 0 Å². The van der Waals surface area contributed by atoms with E-state index in [9.17, 15) is 9.59 Å². The lowest BCUT2D eigenvalue weighted by molar-refractivity contribution is -0.144. The zero-order valence-corrected chi connectivity index (χ0v) is 13.1. The molecule has 0 aliphatic heterocycles. The van der Waals surface area contributed by atoms with Crippen molar-refractivity contribution in [1.82, 2.24) is 5.32 Å².